The quantitative estimate of drug-likeness (QED) is 0.493. The number of quaternary nitrogens is 2. The first-order valence-electron chi connectivity index (χ1n) is 7.66. The summed E-state index contributed by atoms with van der Waals surface area (Å²) in [4.78, 5) is 25.0. The van der Waals surface area contributed by atoms with Crippen LogP contribution in [0.2, 0.25) is 0 Å². The van der Waals surface area contributed by atoms with E-state index in [0.717, 1.165) is 35.0 Å². The Morgan fingerprint density at radius 2 is 1.67 bits per heavy atom. The largest absolute Gasteiger partial charge is 0.416 e. The molecular weight excluding hydrogens is 325 g/mol. The standard InChI is InChI=1S/C15H19F3N4O2/c16-15(17,18)11-2-1-3-12(8-11)20-14(24)10-22-6-4-21(5-7-22)9-13(19)23/h1-3,8H,4-7,9-10H2,(H2,19,23)(H,20,24)/p+2. The molecule has 0 aromatic heterocycles. The van der Waals surface area contributed by atoms with E-state index in [1.165, 1.54) is 12.1 Å². The van der Waals surface area contributed by atoms with E-state index in [1.54, 1.807) is 0 Å². The number of piperazine rings is 1. The van der Waals surface area contributed by atoms with Gasteiger partial charge >= 0.3 is 6.18 Å². The topological polar surface area (TPSA) is 81.1 Å². The number of halogens is 3. The fourth-order valence-electron chi connectivity index (χ4n) is 2.76. The molecule has 0 aliphatic carbocycles. The van der Waals surface area contributed by atoms with Gasteiger partial charge in [0.1, 0.15) is 26.2 Å². The van der Waals surface area contributed by atoms with E-state index in [0.29, 0.717) is 13.1 Å². The van der Waals surface area contributed by atoms with Gasteiger partial charge in [-0.15, -0.1) is 0 Å². The number of alkyl halides is 3. The number of anilines is 1. The molecule has 0 unspecified atom stereocenters. The first-order valence-corrected chi connectivity index (χ1v) is 7.66. The van der Waals surface area contributed by atoms with Crippen LogP contribution in [0.25, 0.3) is 0 Å². The summed E-state index contributed by atoms with van der Waals surface area (Å²) in [7, 11) is 0. The van der Waals surface area contributed by atoms with Gasteiger partial charge in [-0.3, -0.25) is 9.59 Å². The van der Waals surface area contributed by atoms with E-state index in [2.05, 4.69) is 5.32 Å². The average Bonchev–Trinajstić information content (AvgIpc) is 2.48. The number of rotatable bonds is 5. The monoisotopic (exact) mass is 346 g/mol. The Labute approximate surface area is 137 Å². The number of amides is 2. The lowest BCUT2D eigenvalue weighted by molar-refractivity contribution is -1.00. The number of hydrogen-bond donors (Lipinski definition) is 4. The minimum absolute atomic E-state index is 0.132. The fraction of sp³-hybridized carbons (Fsp3) is 0.467. The van der Waals surface area contributed by atoms with Crippen molar-refractivity contribution >= 4 is 17.5 Å². The summed E-state index contributed by atoms with van der Waals surface area (Å²) in [6.07, 6.45) is -4.44. The zero-order chi connectivity index (χ0) is 17.7. The number of carbonyl (C=O) groups excluding carboxylic acids is 2. The molecular formula is C15H21F3N4O2+2. The van der Waals surface area contributed by atoms with Gasteiger partial charge in [-0.1, -0.05) is 6.07 Å². The molecule has 5 N–H and O–H groups in total. The molecule has 0 atom stereocenters. The van der Waals surface area contributed by atoms with Crippen LogP contribution in [0.4, 0.5) is 18.9 Å². The Kier molecular flexibility index (Phi) is 5.79. The van der Waals surface area contributed by atoms with Gasteiger partial charge in [0.15, 0.2) is 13.1 Å². The number of hydrogen-bond acceptors (Lipinski definition) is 2. The van der Waals surface area contributed by atoms with Crippen LogP contribution < -0.4 is 20.9 Å². The zero-order valence-corrected chi connectivity index (χ0v) is 13.1. The van der Waals surface area contributed by atoms with Crippen molar-refractivity contribution in [2.45, 2.75) is 6.18 Å². The Morgan fingerprint density at radius 3 is 2.21 bits per heavy atom. The molecule has 0 spiro atoms. The highest BCUT2D eigenvalue weighted by atomic mass is 19.4. The maximum absolute atomic E-state index is 12.7. The highest BCUT2D eigenvalue weighted by Crippen LogP contribution is 2.30. The second-order valence-corrected chi connectivity index (χ2v) is 5.95. The summed E-state index contributed by atoms with van der Waals surface area (Å²) in [6, 6.07) is 4.57. The Balaban J connectivity index is 1.83. The van der Waals surface area contributed by atoms with Gasteiger partial charge < -0.3 is 20.9 Å². The van der Waals surface area contributed by atoms with Crippen LogP contribution >= 0.6 is 0 Å². The SMILES string of the molecule is NC(=O)C[NH+]1CC[NH+](CC(=O)Nc2cccc(C(F)(F)F)c2)CC1. The van der Waals surface area contributed by atoms with E-state index in [9.17, 15) is 22.8 Å². The molecule has 1 aromatic rings. The number of nitrogens with one attached hydrogen (secondary N) is 3. The van der Waals surface area contributed by atoms with Gasteiger partial charge in [0.2, 0.25) is 0 Å². The molecule has 2 rings (SSSR count). The predicted molar refractivity (Wildman–Crippen MR) is 80.4 cm³/mol. The van der Waals surface area contributed by atoms with Crippen molar-refractivity contribution in [2.75, 3.05) is 44.6 Å². The molecule has 6 nitrogen and oxygen atoms in total. The lowest BCUT2D eigenvalue weighted by Gasteiger charge is -2.28. The van der Waals surface area contributed by atoms with Crippen LogP contribution in [0.5, 0.6) is 0 Å². The Bertz CT molecular complexity index is 599. The molecule has 1 aliphatic rings. The second kappa shape index (κ2) is 7.63. The number of carbonyl (C=O) groups is 2. The minimum atomic E-state index is -4.44. The molecule has 0 bridgehead atoms. The van der Waals surface area contributed by atoms with Crippen molar-refractivity contribution in [2.24, 2.45) is 5.73 Å². The van der Waals surface area contributed by atoms with Crippen molar-refractivity contribution in [3.63, 3.8) is 0 Å². The van der Waals surface area contributed by atoms with Crippen molar-refractivity contribution in [3.8, 4) is 0 Å². The molecule has 24 heavy (non-hydrogen) atoms. The first kappa shape index (κ1) is 18.2. The molecule has 2 amide bonds. The maximum Gasteiger partial charge on any atom is 0.416 e. The Morgan fingerprint density at radius 1 is 1.08 bits per heavy atom. The summed E-state index contributed by atoms with van der Waals surface area (Å²) in [5.74, 6) is -0.682. The molecule has 1 saturated heterocycles. The zero-order valence-electron chi connectivity index (χ0n) is 13.1. The molecule has 0 radical (unpaired) electrons. The molecule has 132 valence electrons. The van der Waals surface area contributed by atoms with E-state index < -0.39 is 11.7 Å². The van der Waals surface area contributed by atoms with Crippen LogP contribution in [0.15, 0.2) is 24.3 Å². The van der Waals surface area contributed by atoms with Crippen LogP contribution in [0.3, 0.4) is 0 Å². The number of nitrogens with two attached hydrogens (primary N) is 1. The van der Waals surface area contributed by atoms with Gasteiger partial charge in [-0.05, 0) is 18.2 Å². The van der Waals surface area contributed by atoms with Crippen LogP contribution in [0, 0.1) is 0 Å². The van der Waals surface area contributed by atoms with E-state index >= 15 is 0 Å². The van der Waals surface area contributed by atoms with Crippen molar-refractivity contribution < 1.29 is 32.6 Å². The fourth-order valence-corrected chi connectivity index (χ4v) is 2.76. The number of primary amides is 1. The summed E-state index contributed by atoms with van der Waals surface area (Å²) in [5.41, 5.74) is 4.49. The van der Waals surface area contributed by atoms with Gasteiger partial charge in [-0.2, -0.15) is 13.2 Å². The maximum atomic E-state index is 12.7. The second-order valence-electron chi connectivity index (χ2n) is 5.95. The van der Waals surface area contributed by atoms with Crippen LogP contribution in [-0.2, 0) is 15.8 Å². The molecule has 0 saturated carbocycles. The van der Waals surface area contributed by atoms with Crippen molar-refractivity contribution in [1.29, 1.82) is 0 Å². The van der Waals surface area contributed by atoms with Gasteiger partial charge in [0.25, 0.3) is 11.8 Å². The molecule has 1 fully saturated rings. The van der Waals surface area contributed by atoms with E-state index in [-0.39, 0.29) is 30.6 Å². The smallest absolute Gasteiger partial charge is 0.365 e. The third-order valence-electron chi connectivity index (χ3n) is 3.97. The lowest BCUT2D eigenvalue weighted by atomic mass is 10.2. The lowest BCUT2D eigenvalue weighted by Crippen LogP contribution is -3.28. The van der Waals surface area contributed by atoms with Crippen LogP contribution in [0.1, 0.15) is 5.56 Å². The summed E-state index contributed by atoms with van der Waals surface area (Å²) in [6.45, 7) is 3.34. The Hall–Kier alpha value is -2.13. The molecule has 1 aliphatic heterocycles. The van der Waals surface area contributed by atoms with Gasteiger partial charge in [0, 0.05) is 5.69 Å². The minimum Gasteiger partial charge on any atom is -0.365 e. The highest BCUT2D eigenvalue weighted by Gasteiger charge is 2.31. The van der Waals surface area contributed by atoms with E-state index in [4.69, 9.17) is 5.73 Å². The normalized spacial score (nSPS) is 21.3. The summed E-state index contributed by atoms with van der Waals surface area (Å²) >= 11 is 0. The summed E-state index contributed by atoms with van der Waals surface area (Å²) < 4.78 is 38.0. The summed E-state index contributed by atoms with van der Waals surface area (Å²) in [5, 5.41) is 2.50. The van der Waals surface area contributed by atoms with Crippen molar-refractivity contribution in [1.82, 2.24) is 0 Å². The number of benzene rings is 1. The molecule has 9 heteroatoms. The third kappa shape index (κ3) is 5.50. The molecule has 1 aromatic carbocycles. The predicted octanol–water partition coefficient (Wildman–Crippen LogP) is -2.09. The highest BCUT2D eigenvalue weighted by molar-refractivity contribution is 5.91. The van der Waals surface area contributed by atoms with Gasteiger partial charge in [0.05, 0.1) is 5.56 Å². The van der Waals surface area contributed by atoms with Crippen molar-refractivity contribution in [3.05, 3.63) is 29.8 Å². The average molecular weight is 346 g/mol. The third-order valence-corrected chi connectivity index (χ3v) is 3.97. The van der Waals surface area contributed by atoms with E-state index in [1.807, 2.05) is 0 Å². The first-order chi connectivity index (χ1) is 11.2. The van der Waals surface area contributed by atoms with Crippen LogP contribution in [-0.4, -0.2) is 51.1 Å². The molecule has 1 heterocycles. The van der Waals surface area contributed by atoms with Gasteiger partial charge in [-0.25, -0.2) is 0 Å².